The van der Waals surface area contributed by atoms with Crippen LogP contribution in [-0.4, -0.2) is 20.5 Å². The number of aromatic nitrogens is 1. The molecule has 4 aromatic rings. The molecule has 0 unspecified atom stereocenters. The van der Waals surface area contributed by atoms with E-state index in [1.165, 1.54) is 43.5 Å². The van der Waals surface area contributed by atoms with Crippen LogP contribution in [0.1, 0.15) is 5.69 Å². The van der Waals surface area contributed by atoms with Crippen molar-refractivity contribution in [2.24, 2.45) is 0 Å². The summed E-state index contributed by atoms with van der Waals surface area (Å²) >= 11 is 12.0. The summed E-state index contributed by atoms with van der Waals surface area (Å²) in [5.74, 6) is 0.445. The number of ether oxygens (including phenoxy) is 2. The maximum Gasteiger partial charge on any atom is 0.265 e. The van der Waals surface area contributed by atoms with E-state index in [9.17, 15) is 12.8 Å². The second kappa shape index (κ2) is 9.05. The molecule has 0 aliphatic heterocycles. The van der Waals surface area contributed by atoms with Crippen molar-refractivity contribution in [3.63, 3.8) is 0 Å². The third-order valence-corrected chi connectivity index (χ3v) is 6.55. The Morgan fingerprint density at radius 2 is 1.73 bits per heavy atom. The quantitative estimate of drug-likeness (QED) is 0.319. The van der Waals surface area contributed by atoms with Crippen molar-refractivity contribution in [1.82, 2.24) is 4.98 Å². The number of anilines is 1. The largest absolute Gasteiger partial charge is 0.494 e. The Balaban J connectivity index is 1.60. The van der Waals surface area contributed by atoms with E-state index in [0.29, 0.717) is 28.1 Å². The highest BCUT2D eigenvalue weighted by molar-refractivity contribution is 7.92. The van der Waals surface area contributed by atoms with Gasteiger partial charge in [-0.25, -0.2) is 12.8 Å². The number of nitrogens with one attached hydrogen (secondary N) is 1. The molecule has 0 aliphatic rings. The van der Waals surface area contributed by atoms with Crippen LogP contribution in [-0.2, 0) is 10.0 Å². The van der Waals surface area contributed by atoms with Crippen LogP contribution >= 0.6 is 23.2 Å². The van der Waals surface area contributed by atoms with Gasteiger partial charge in [0.1, 0.15) is 22.2 Å². The molecule has 0 amide bonds. The van der Waals surface area contributed by atoms with Gasteiger partial charge in [0, 0.05) is 27.9 Å². The molecule has 1 heterocycles. The molecule has 1 N–H and O–H groups in total. The first-order valence-electron chi connectivity index (χ1n) is 9.57. The zero-order valence-electron chi connectivity index (χ0n) is 17.4. The first-order valence-corrected chi connectivity index (χ1v) is 11.8. The van der Waals surface area contributed by atoms with Crippen molar-refractivity contribution in [3.05, 3.63) is 82.2 Å². The van der Waals surface area contributed by atoms with Crippen molar-refractivity contribution < 1.29 is 22.3 Å². The van der Waals surface area contributed by atoms with Gasteiger partial charge in [0.25, 0.3) is 10.0 Å². The van der Waals surface area contributed by atoms with E-state index in [1.54, 1.807) is 24.3 Å². The van der Waals surface area contributed by atoms with Crippen LogP contribution in [0.25, 0.3) is 10.9 Å². The molecule has 0 fully saturated rings. The predicted molar refractivity (Wildman–Crippen MR) is 127 cm³/mol. The number of sulfonamides is 1. The molecule has 3 aromatic carbocycles. The SMILES string of the molecule is COc1c(Cl)cc(Cl)cc1S(=O)(=O)Nc1ccc(Oc2cc(C)nc3ccc(F)cc23)cc1. The number of fused-ring (bicyclic) bond motifs is 1. The summed E-state index contributed by atoms with van der Waals surface area (Å²) in [5.41, 5.74) is 1.59. The Labute approximate surface area is 199 Å². The summed E-state index contributed by atoms with van der Waals surface area (Å²) in [7, 11) is -2.73. The fraction of sp³-hybridized carbons (Fsp3) is 0.0870. The summed E-state index contributed by atoms with van der Waals surface area (Å²) in [5, 5.41) is 0.752. The number of aryl methyl sites for hydroxylation is 1. The standard InChI is InChI=1S/C23H17Cl2FN2O4S/c1-13-9-21(18-12-15(26)3-8-20(18)27-13)32-17-6-4-16(5-7-17)28-33(29,30)22-11-14(24)10-19(25)23(22)31-2/h3-12,28H,1-2H3. The van der Waals surface area contributed by atoms with Crippen LogP contribution in [0.4, 0.5) is 10.1 Å². The highest BCUT2D eigenvalue weighted by Gasteiger charge is 2.23. The summed E-state index contributed by atoms with van der Waals surface area (Å²) in [6.07, 6.45) is 0. The van der Waals surface area contributed by atoms with Crippen molar-refractivity contribution in [2.45, 2.75) is 11.8 Å². The molecule has 0 saturated heterocycles. The highest BCUT2D eigenvalue weighted by Crippen LogP contribution is 2.36. The van der Waals surface area contributed by atoms with E-state index in [4.69, 9.17) is 32.7 Å². The Morgan fingerprint density at radius 1 is 1.00 bits per heavy atom. The number of rotatable bonds is 6. The van der Waals surface area contributed by atoms with E-state index in [-0.39, 0.29) is 26.4 Å². The van der Waals surface area contributed by atoms with Gasteiger partial charge in [0.05, 0.1) is 17.6 Å². The van der Waals surface area contributed by atoms with Crippen molar-refractivity contribution >= 4 is 49.8 Å². The van der Waals surface area contributed by atoms with Gasteiger partial charge in [-0.1, -0.05) is 23.2 Å². The molecule has 4 rings (SSSR count). The molecule has 0 atom stereocenters. The van der Waals surface area contributed by atoms with Gasteiger partial charge in [0.15, 0.2) is 5.75 Å². The van der Waals surface area contributed by atoms with Crippen molar-refractivity contribution in [3.8, 4) is 17.2 Å². The van der Waals surface area contributed by atoms with Crippen molar-refractivity contribution in [1.29, 1.82) is 0 Å². The molecule has 33 heavy (non-hydrogen) atoms. The molecular formula is C23H17Cl2FN2O4S. The minimum Gasteiger partial charge on any atom is -0.494 e. The maximum absolute atomic E-state index is 13.7. The number of hydrogen-bond acceptors (Lipinski definition) is 5. The minimum atomic E-state index is -4.05. The smallest absolute Gasteiger partial charge is 0.265 e. The lowest BCUT2D eigenvalue weighted by Crippen LogP contribution is -2.14. The highest BCUT2D eigenvalue weighted by atomic mass is 35.5. The Hall–Kier alpha value is -3.07. The number of pyridine rings is 1. The van der Waals surface area contributed by atoms with E-state index < -0.39 is 15.8 Å². The van der Waals surface area contributed by atoms with Gasteiger partial charge < -0.3 is 9.47 Å². The number of methoxy groups -OCH3 is 1. The summed E-state index contributed by atoms with van der Waals surface area (Å²) in [4.78, 5) is 4.19. The summed E-state index contributed by atoms with van der Waals surface area (Å²) in [6.45, 7) is 1.81. The molecule has 170 valence electrons. The van der Waals surface area contributed by atoms with Crippen LogP contribution in [0, 0.1) is 12.7 Å². The Bertz CT molecular complexity index is 1460. The third kappa shape index (κ3) is 4.98. The monoisotopic (exact) mass is 506 g/mol. The second-order valence-corrected chi connectivity index (χ2v) is 9.57. The molecule has 10 heteroatoms. The van der Waals surface area contributed by atoms with Crippen LogP contribution in [0.5, 0.6) is 17.2 Å². The molecule has 0 spiro atoms. The maximum atomic E-state index is 13.7. The fourth-order valence-electron chi connectivity index (χ4n) is 3.24. The molecule has 6 nitrogen and oxygen atoms in total. The second-order valence-electron chi connectivity index (χ2n) is 7.07. The average molecular weight is 507 g/mol. The molecule has 0 radical (unpaired) electrons. The zero-order valence-corrected chi connectivity index (χ0v) is 19.7. The van der Waals surface area contributed by atoms with Crippen LogP contribution < -0.4 is 14.2 Å². The van der Waals surface area contributed by atoms with Crippen LogP contribution in [0.15, 0.2) is 65.6 Å². The van der Waals surface area contributed by atoms with Gasteiger partial charge in [0.2, 0.25) is 0 Å². The predicted octanol–water partition coefficient (Wildman–Crippen LogP) is 6.59. The van der Waals surface area contributed by atoms with Gasteiger partial charge in [-0.15, -0.1) is 0 Å². The van der Waals surface area contributed by atoms with Crippen LogP contribution in [0.3, 0.4) is 0 Å². The third-order valence-electron chi connectivity index (χ3n) is 4.66. The van der Waals surface area contributed by atoms with E-state index in [1.807, 2.05) is 6.92 Å². The van der Waals surface area contributed by atoms with Gasteiger partial charge in [-0.05, 0) is 61.5 Å². The normalized spacial score (nSPS) is 11.4. The van der Waals surface area contributed by atoms with Gasteiger partial charge in [-0.3, -0.25) is 9.71 Å². The average Bonchev–Trinajstić information content (AvgIpc) is 2.75. The van der Waals surface area contributed by atoms with E-state index in [2.05, 4.69) is 9.71 Å². The number of benzene rings is 3. The fourth-order valence-corrected chi connectivity index (χ4v) is 5.21. The Kier molecular flexibility index (Phi) is 6.34. The molecule has 0 aliphatic carbocycles. The molecule has 0 bridgehead atoms. The lowest BCUT2D eigenvalue weighted by molar-refractivity contribution is 0.403. The van der Waals surface area contributed by atoms with Gasteiger partial charge in [-0.2, -0.15) is 0 Å². The number of nitrogens with zero attached hydrogens (tertiary/aromatic N) is 1. The molecular weight excluding hydrogens is 490 g/mol. The lowest BCUT2D eigenvalue weighted by atomic mass is 10.2. The first-order chi connectivity index (χ1) is 15.7. The zero-order chi connectivity index (χ0) is 23.8. The molecule has 1 aromatic heterocycles. The van der Waals surface area contributed by atoms with Gasteiger partial charge >= 0.3 is 0 Å². The number of halogens is 3. The minimum absolute atomic E-state index is 0.0133. The lowest BCUT2D eigenvalue weighted by Gasteiger charge is -2.14. The van der Waals surface area contributed by atoms with E-state index >= 15 is 0 Å². The summed E-state index contributed by atoms with van der Waals surface area (Å²) in [6, 6.07) is 14.8. The summed E-state index contributed by atoms with van der Waals surface area (Å²) < 4.78 is 53.0. The Morgan fingerprint density at radius 3 is 2.42 bits per heavy atom. The van der Waals surface area contributed by atoms with E-state index in [0.717, 1.165) is 0 Å². The van der Waals surface area contributed by atoms with Crippen LogP contribution in [0.2, 0.25) is 10.0 Å². The topological polar surface area (TPSA) is 77.5 Å². The first kappa shape index (κ1) is 23.1. The molecule has 0 saturated carbocycles. The van der Waals surface area contributed by atoms with Crippen molar-refractivity contribution in [2.75, 3.05) is 11.8 Å². The number of hydrogen-bond donors (Lipinski definition) is 1.